The van der Waals surface area contributed by atoms with Crippen LogP contribution in [0.3, 0.4) is 0 Å². The minimum Gasteiger partial charge on any atom is -0.462 e. The van der Waals surface area contributed by atoms with Gasteiger partial charge in [-0.15, -0.1) is 0 Å². The second-order valence-electron chi connectivity index (χ2n) is 26.6. The molecule has 0 saturated carbocycles. The monoisotopic (exact) mass is 1320 g/mol. The third-order valence-electron chi connectivity index (χ3n) is 16.5. The van der Waals surface area contributed by atoms with E-state index >= 15 is 0 Å². The standard InChI is InChI=1S/C71H138O17P2/c1-7-9-11-13-15-17-23-31-37-43-49-55-70(75)87-66(59-81-68(73)53-47-41-35-16-14-12-10-8-2)61-85-89(77,78)83-57-65(72)58-84-90(79,80)86-62-67(60-82-69(74)54-48-42-36-30-27-26-29-34-40-46-52-64(5)6)88-71(76)56-50-44-38-32-25-22-20-18-19-21-24-28-33-39-45-51-63(3)4/h63-67,72H,7-62H2,1-6H3,(H,77,78)(H,79,80)/t65-,66+,67+/m0/s1. The summed E-state index contributed by atoms with van der Waals surface area (Å²) >= 11 is 0. The Morgan fingerprint density at radius 3 is 0.756 bits per heavy atom. The molecule has 0 heterocycles. The number of phosphoric ester groups is 2. The van der Waals surface area contributed by atoms with Gasteiger partial charge in [-0.2, -0.15) is 0 Å². The first kappa shape index (κ1) is 88.1. The number of aliphatic hydroxyl groups excluding tert-OH is 1. The Bertz CT molecular complexity index is 1750. The Morgan fingerprint density at radius 2 is 0.511 bits per heavy atom. The van der Waals surface area contributed by atoms with Gasteiger partial charge in [0.15, 0.2) is 12.2 Å². The molecule has 90 heavy (non-hydrogen) atoms. The zero-order valence-electron chi connectivity index (χ0n) is 58.4. The molecule has 0 fully saturated rings. The fourth-order valence-corrected chi connectivity index (χ4v) is 12.3. The average molecular weight is 1330 g/mol. The lowest BCUT2D eigenvalue weighted by atomic mass is 10.0. The van der Waals surface area contributed by atoms with Crippen molar-refractivity contribution in [2.75, 3.05) is 39.6 Å². The van der Waals surface area contributed by atoms with Gasteiger partial charge in [-0.3, -0.25) is 37.3 Å². The van der Waals surface area contributed by atoms with Crippen LogP contribution in [0.15, 0.2) is 0 Å². The Hall–Kier alpha value is -1.94. The summed E-state index contributed by atoms with van der Waals surface area (Å²) in [6, 6.07) is 0. The van der Waals surface area contributed by atoms with Gasteiger partial charge in [0, 0.05) is 25.7 Å². The van der Waals surface area contributed by atoms with Crippen molar-refractivity contribution in [2.45, 2.75) is 381 Å². The van der Waals surface area contributed by atoms with Crippen LogP contribution in [0.4, 0.5) is 0 Å². The normalized spacial score (nSPS) is 14.1. The molecule has 0 amide bonds. The minimum atomic E-state index is -4.95. The first-order chi connectivity index (χ1) is 43.4. The molecule has 17 nitrogen and oxygen atoms in total. The number of esters is 4. The Labute approximate surface area is 549 Å². The van der Waals surface area contributed by atoms with Crippen molar-refractivity contribution >= 4 is 39.5 Å². The van der Waals surface area contributed by atoms with Crippen LogP contribution in [0, 0.1) is 11.8 Å². The van der Waals surface area contributed by atoms with Crippen LogP contribution in [-0.2, 0) is 65.4 Å². The second-order valence-corrected chi connectivity index (χ2v) is 29.5. The molecule has 0 aliphatic rings. The smallest absolute Gasteiger partial charge is 0.462 e. The van der Waals surface area contributed by atoms with Gasteiger partial charge in [0.25, 0.3) is 0 Å². The van der Waals surface area contributed by atoms with Crippen molar-refractivity contribution in [3.05, 3.63) is 0 Å². The molecule has 0 bridgehead atoms. The zero-order valence-corrected chi connectivity index (χ0v) is 60.2. The van der Waals surface area contributed by atoms with Gasteiger partial charge in [0.1, 0.15) is 19.3 Å². The molecular formula is C71H138O17P2. The molecule has 0 spiro atoms. The molecule has 0 aromatic heterocycles. The van der Waals surface area contributed by atoms with Gasteiger partial charge in [0.2, 0.25) is 0 Å². The highest BCUT2D eigenvalue weighted by atomic mass is 31.2. The van der Waals surface area contributed by atoms with Gasteiger partial charge in [0.05, 0.1) is 26.4 Å². The molecule has 0 aliphatic carbocycles. The van der Waals surface area contributed by atoms with E-state index < -0.39 is 97.5 Å². The maximum Gasteiger partial charge on any atom is 0.472 e. The number of carbonyl (C=O) groups is 4. The van der Waals surface area contributed by atoms with Crippen LogP contribution in [0.25, 0.3) is 0 Å². The molecule has 0 aromatic rings. The van der Waals surface area contributed by atoms with E-state index in [4.69, 9.17) is 37.0 Å². The lowest BCUT2D eigenvalue weighted by molar-refractivity contribution is -0.161. The topological polar surface area (TPSA) is 237 Å². The largest absolute Gasteiger partial charge is 0.472 e. The van der Waals surface area contributed by atoms with Crippen molar-refractivity contribution in [2.24, 2.45) is 11.8 Å². The fraction of sp³-hybridized carbons (Fsp3) is 0.944. The molecule has 3 N–H and O–H groups in total. The predicted octanol–water partition coefficient (Wildman–Crippen LogP) is 20.4. The molecule has 534 valence electrons. The van der Waals surface area contributed by atoms with E-state index in [0.717, 1.165) is 108 Å². The first-order valence-corrected chi connectivity index (χ1v) is 40.0. The summed E-state index contributed by atoms with van der Waals surface area (Å²) < 4.78 is 68.2. The van der Waals surface area contributed by atoms with Gasteiger partial charge in [-0.25, -0.2) is 9.13 Å². The van der Waals surface area contributed by atoms with E-state index in [2.05, 4.69) is 41.5 Å². The number of ether oxygens (including phenoxy) is 4. The Balaban J connectivity index is 5.21. The van der Waals surface area contributed by atoms with Gasteiger partial charge >= 0.3 is 39.5 Å². The van der Waals surface area contributed by atoms with Crippen molar-refractivity contribution in [3.63, 3.8) is 0 Å². The van der Waals surface area contributed by atoms with E-state index in [9.17, 15) is 43.2 Å². The molecule has 5 atom stereocenters. The van der Waals surface area contributed by atoms with Crippen molar-refractivity contribution in [1.29, 1.82) is 0 Å². The Kier molecular flexibility index (Phi) is 61.8. The molecule has 2 unspecified atom stereocenters. The highest BCUT2D eigenvalue weighted by Gasteiger charge is 2.30. The number of hydrogen-bond donors (Lipinski definition) is 3. The fourth-order valence-electron chi connectivity index (χ4n) is 10.8. The quantitative estimate of drug-likeness (QED) is 0.0222. The predicted molar refractivity (Wildman–Crippen MR) is 363 cm³/mol. The number of unbranched alkanes of at least 4 members (excludes halogenated alkanes) is 40. The Morgan fingerprint density at radius 1 is 0.300 bits per heavy atom. The second kappa shape index (κ2) is 63.1. The lowest BCUT2D eigenvalue weighted by Crippen LogP contribution is -2.30. The van der Waals surface area contributed by atoms with Crippen LogP contribution in [0.1, 0.15) is 363 Å². The molecule has 0 rings (SSSR count). The van der Waals surface area contributed by atoms with Crippen LogP contribution >= 0.6 is 15.6 Å². The van der Waals surface area contributed by atoms with E-state index in [1.54, 1.807) is 0 Å². The summed E-state index contributed by atoms with van der Waals surface area (Å²) in [6.07, 6.45) is 48.6. The van der Waals surface area contributed by atoms with Crippen molar-refractivity contribution in [3.8, 4) is 0 Å². The van der Waals surface area contributed by atoms with E-state index in [-0.39, 0.29) is 25.7 Å². The number of rotatable bonds is 70. The zero-order chi connectivity index (χ0) is 66.5. The molecule has 0 aliphatic heterocycles. The van der Waals surface area contributed by atoms with Crippen LogP contribution < -0.4 is 0 Å². The van der Waals surface area contributed by atoms with Crippen molar-refractivity contribution < 1.29 is 80.2 Å². The van der Waals surface area contributed by atoms with E-state index in [0.29, 0.717) is 25.7 Å². The van der Waals surface area contributed by atoms with E-state index in [1.807, 2.05) is 0 Å². The SMILES string of the molecule is CCCCCCCCCCCCCC(=O)O[C@H](COC(=O)CCCCCCCCCC)COP(=O)(O)OC[C@H](O)COP(=O)(O)OC[C@@H](COC(=O)CCCCCCCCCCCCC(C)C)OC(=O)CCCCCCCCCCCCCCCCCC(C)C. The molecular weight excluding hydrogens is 1190 g/mol. The summed E-state index contributed by atoms with van der Waals surface area (Å²) in [5, 5.41) is 10.6. The first-order valence-electron chi connectivity index (χ1n) is 37.0. The van der Waals surface area contributed by atoms with Crippen LogP contribution in [0.2, 0.25) is 0 Å². The summed E-state index contributed by atoms with van der Waals surface area (Å²) in [5.74, 6) is -0.563. The molecule has 19 heteroatoms. The molecule has 0 radical (unpaired) electrons. The number of aliphatic hydroxyl groups is 1. The van der Waals surface area contributed by atoms with Gasteiger partial charge in [-0.1, -0.05) is 311 Å². The minimum absolute atomic E-state index is 0.107. The molecule has 0 aromatic carbocycles. The number of phosphoric acid groups is 2. The van der Waals surface area contributed by atoms with Crippen LogP contribution in [0.5, 0.6) is 0 Å². The highest BCUT2D eigenvalue weighted by molar-refractivity contribution is 7.47. The highest BCUT2D eigenvalue weighted by Crippen LogP contribution is 2.45. The number of hydrogen-bond acceptors (Lipinski definition) is 15. The van der Waals surface area contributed by atoms with E-state index in [1.165, 1.54) is 173 Å². The third-order valence-corrected chi connectivity index (χ3v) is 18.4. The molecule has 0 saturated heterocycles. The summed E-state index contributed by atoms with van der Waals surface area (Å²) in [6.45, 7) is 9.55. The van der Waals surface area contributed by atoms with Crippen molar-refractivity contribution in [1.82, 2.24) is 0 Å². The van der Waals surface area contributed by atoms with Gasteiger partial charge in [-0.05, 0) is 37.5 Å². The maximum absolute atomic E-state index is 13.0. The average Bonchev–Trinajstić information content (AvgIpc) is 3.31. The summed E-state index contributed by atoms with van der Waals surface area (Å²) in [7, 11) is -9.90. The summed E-state index contributed by atoms with van der Waals surface area (Å²) in [5.41, 5.74) is 0. The van der Waals surface area contributed by atoms with Gasteiger partial charge < -0.3 is 33.8 Å². The summed E-state index contributed by atoms with van der Waals surface area (Å²) in [4.78, 5) is 72.5. The lowest BCUT2D eigenvalue weighted by Gasteiger charge is -2.21. The maximum atomic E-state index is 13.0. The third kappa shape index (κ3) is 64.8. The number of carbonyl (C=O) groups excluding carboxylic acids is 4. The van der Waals surface area contributed by atoms with Crippen LogP contribution in [-0.4, -0.2) is 96.7 Å².